The Bertz CT molecular complexity index is 218. The van der Waals surface area contributed by atoms with Crippen LogP contribution in [0.15, 0.2) is 0 Å². The SMILES string of the molecule is CC(CCCC(F)(F)F)NCC1CCCN1C. The molecule has 1 saturated heterocycles. The van der Waals surface area contributed by atoms with E-state index in [-0.39, 0.29) is 12.5 Å². The molecule has 0 aromatic carbocycles. The van der Waals surface area contributed by atoms with Crippen molar-refractivity contribution in [3.8, 4) is 0 Å². The molecule has 5 heteroatoms. The first kappa shape index (κ1) is 14.8. The van der Waals surface area contributed by atoms with Gasteiger partial charge in [-0.05, 0) is 46.2 Å². The number of hydrogen-bond acceptors (Lipinski definition) is 2. The van der Waals surface area contributed by atoms with E-state index in [0.29, 0.717) is 12.5 Å². The number of rotatable bonds is 6. The monoisotopic (exact) mass is 252 g/mol. The molecule has 0 aromatic heterocycles. The Balaban J connectivity index is 2.07. The van der Waals surface area contributed by atoms with Crippen LogP contribution in [0.3, 0.4) is 0 Å². The van der Waals surface area contributed by atoms with Gasteiger partial charge in [0.05, 0.1) is 0 Å². The van der Waals surface area contributed by atoms with Crippen molar-refractivity contribution < 1.29 is 13.2 Å². The third kappa shape index (κ3) is 6.27. The van der Waals surface area contributed by atoms with Crippen LogP contribution in [0.4, 0.5) is 13.2 Å². The Morgan fingerprint density at radius 1 is 1.41 bits per heavy atom. The van der Waals surface area contributed by atoms with Gasteiger partial charge in [-0.3, -0.25) is 0 Å². The first-order valence-electron chi connectivity index (χ1n) is 6.39. The second-order valence-corrected chi connectivity index (χ2v) is 5.09. The lowest BCUT2D eigenvalue weighted by atomic mass is 10.1. The van der Waals surface area contributed by atoms with E-state index in [1.807, 2.05) is 6.92 Å². The zero-order valence-corrected chi connectivity index (χ0v) is 10.7. The molecule has 2 nitrogen and oxygen atoms in total. The highest BCUT2D eigenvalue weighted by Crippen LogP contribution is 2.22. The number of halogens is 3. The zero-order chi connectivity index (χ0) is 12.9. The van der Waals surface area contributed by atoms with Gasteiger partial charge in [0.2, 0.25) is 0 Å². The molecule has 17 heavy (non-hydrogen) atoms. The van der Waals surface area contributed by atoms with E-state index < -0.39 is 12.6 Å². The highest BCUT2D eigenvalue weighted by Gasteiger charge is 2.26. The normalized spacial score (nSPS) is 24.2. The van der Waals surface area contributed by atoms with E-state index >= 15 is 0 Å². The summed E-state index contributed by atoms with van der Waals surface area (Å²) in [6.45, 7) is 3.99. The van der Waals surface area contributed by atoms with Gasteiger partial charge in [0, 0.05) is 25.0 Å². The lowest BCUT2D eigenvalue weighted by molar-refractivity contribution is -0.135. The van der Waals surface area contributed by atoms with Crippen LogP contribution >= 0.6 is 0 Å². The molecular formula is C12H23F3N2. The topological polar surface area (TPSA) is 15.3 Å². The molecule has 0 spiro atoms. The second-order valence-electron chi connectivity index (χ2n) is 5.09. The number of likely N-dealkylation sites (N-methyl/N-ethyl adjacent to an activating group) is 1. The lowest BCUT2D eigenvalue weighted by Crippen LogP contribution is -2.39. The minimum atomic E-state index is -4.01. The smallest absolute Gasteiger partial charge is 0.313 e. The summed E-state index contributed by atoms with van der Waals surface area (Å²) in [6.07, 6.45) is -1.44. The molecule has 1 aliphatic rings. The minimum absolute atomic E-state index is 0.173. The summed E-state index contributed by atoms with van der Waals surface area (Å²) in [5.74, 6) is 0. The Morgan fingerprint density at radius 3 is 2.65 bits per heavy atom. The van der Waals surface area contributed by atoms with Gasteiger partial charge in [0.25, 0.3) is 0 Å². The largest absolute Gasteiger partial charge is 0.389 e. The van der Waals surface area contributed by atoms with Crippen LogP contribution in [0.25, 0.3) is 0 Å². The average Bonchev–Trinajstić information content (AvgIpc) is 2.59. The first-order valence-corrected chi connectivity index (χ1v) is 6.39. The summed E-state index contributed by atoms with van der Waals surface area (Å²) >= 11 is 0. The molecule has 0 saturated carbocycles. The predicted molar refractivity (Wildman–Crippen MR) is 63.0 cm³/mol. The van der Waals surface area contributed by atoms with Crippen molar-refractivity contribution in [3.63, 3.8) is 0 Å². The first-order chi connectivity index (χ1) is 7.88. The van der Waals surface area contributed by atoms with Crippen LogP contribution in [-0.2, 0) is 0 Å². The zero-order valence-electron chi connectivity index (χ0n) is 10.7. The predicted octanol–water partition coefficient (Wildman–Crippen LogP) is 2.79. The van der Waals surface area contributed by atoms with Crippen LogP contribution in [-0.4, -0.2) is 43.3 Å². The Labute approximate surface area is 102 Å². The van der Waals surface area contributed by atoms with Crippen LogP contribution in [0.2, 0.25) is 0 Å². The summed E-state index contributed by atoms with van der Waals surface area (Å²) in [6, 6.07) is 0.728. The average molecular weight is 252 g/mol. The summed E-state index contributed by atoms with van der Waals surface area (Å²) in [5, 5.41) is 3.33. The van der Waals surface area contributed by atoms with Crippen molar-refractivity contribution >= 4 is 0 Å². The van der Waals surface area contributed by atoms with E-state index in [9.17, 15) is 13.2 Å². The molecule has 102 valence electrons. The fourth-order valence-corrected chi connectivity index (χ4v) is 2.29. The molecule has 0 radical (unpaired) electrons. The Morgan fingerprint density at radius 2 is 2.12 bits per heavy atom. The maximum Gasteiger partial charge on any atom is 0.389 e. The van der Waals surface area contributed by atoms with Crippen molar-refractivity contribution in [3.05, 3.63) is 0 Å². The molecule has 0 aromatic rings. The number of alkyl halides is 3. The quantitative estimate of drug-likeness (QED) is 0.782. The van der Waals surface area contributed by atoms with E-state index in [2.05, 4.69) is 17.3 Å². The number of likely N-dealkylation sites (tertiary alicyclic amines) is 1. The van der Waals surface area contributed by atoms with Gasteiger partial charge < -0.3 is 10.2 Å². The van der Waals surface area contributed by atoms with Crippen LogP contribution in [0.5, 0.6) is 0 Å². The minimum Gasteiger partial charge on any atom is -0.313 e. The van der Waals surface area contributed by atoms with E-state index in [4.69, 9.17) is 0 Å². The molecule has 1 heterocycles. The fourth-order valence-electron chi connectivity index (χ4n) is 2.29. The highest BCUT2D eigenvalue weighted by atomic mass is 19.4. The maximum atomic E-state index is 12.0. The van der Waals surface area contributed by atoms with Gasteiger partial charge in [0.15, 0.2) is 0 Å². The molecule has 0 amide bonds. The Hall–Kier alpha value is -0.290. The molecule has 0 bridgehead atoms. The van der Waals surface area contributed by atoms with E-state index in [1.165, 1.54) is 12.8 Å². The standard InChI is InChI=1S/C12H23F3N2/c1-10(5-3-7-12(13,14)15)16-9-11-6-4-8-17(11)2/h10-11,16H,3-9H2,1-2H3. The fraction of sp³-hybridized carbons (Fsp3) is 1.00. The third-order valence-corrected chi connectivity index (χ3v) is 3.47. The number of nitrogens with zero attached hydrogens (tertiary/aromatic N) is 1. The van der Waals surface area contributed by atoms with Crippen LogP contribution in [0.1, 0.15) is 39.0 Å². The maximum absolute atomic E-state index is 12.0. The Kier molecular flexibility index (Phi) is 5.73. The van der Waals surface area contributed by atoms with Crippen molar-refractivity contribution in [2.45, 2.75) is 57.3 Å². The third-order valence-electron chi connectivity index (χ3n) is 3.47. The van der Waals surface area contributed by atoms with Gasteiger partial charge in [-0.25, -0.2) is 0 Å². The molecule has 2 unspecified atom stereocenters. The number of nitrogens with one attached hydrogen (secondary N) is 1. The van der Waals surface area contributed by atoms with Gasteiger partial charge in [-0.2, -0.15) is 13.2 Å². The summed E-state index contributed by atoms with van der Waals surface area (Å²) < 4.78 is 35.9. The summed E-state index contributed by atoms with van der Waals surface area (Å²) in [4.78, 5) is 2.31. The molecule has 1 fully saturated rings. The van der Waals surface area contributed by atoms with Crippen molar-refractivity contribution in [2.75, 3.05) is 20.1 Å². The molecule has 2 atom stereocenters. The van der Waals surface area contributed by atoms with E-state index in [1.54, 1.807) is 0 Å². The molecule has 0 aliphatic carbocycles. The number of hydrogen-bond donors (Lipinski definition) is 1. The summed E-state index contributed by atoms with van der Waals surface area (Å²) in [5.41, 5.74) is 0. The molecule has 1 aliphatic heterocycles. The summed E-state index contributed by atoms with van der Waals surface area (Å²) in [7, 11) is 2.10. The lowest BCUT2D eigenvalue weighted by Gasteiger charge is -2.22. The van der Waals surface area contributed by atoms with Crippen LogP contribution < -0.4 is 5.32 Å². The van der Waals surface area contributed by atoms with Gasteiger partial charge >= 0.3 is 6.18 Å². The highest BCUT2D eigenvalue weighted by molar-refractivity contribution is 4.79. The molecule has 1 rings (SSSR count). The van der Waals surface area contributed by atoms with Crippen molar-refractivity contribution in [1.29, 1.82) is 0 Å². The molecule has 1 N–H and O–H groups in total. The van der Waals surface area contributed by atoms with Crippen LogP contribution in [0, 0.1) is 0 Å². The van der Waals surface area contributed by atoms with Gasteiger partial charge in [-0.15, -0.1) is 0 Å². The van der Waals surface area contributed by atoms with E-state index in [0.717, 1.165) is 13.1 Å². The second kappa shape index (κ2) is 6.59. The van der Waals surface area contributed by atoms with Gasteiger partial charge in [-0.1, -0.05) is 0 Å². The van der Waals surface area contributed by atoms with Crippen molar-refractivity contribution in [2.24, 2.45) is 0 Å². The molecular weight excluding hydrogens is 229 g/mol. The van der Waals surface area contributed by atoms with Crippen molar-refractivity contribution in [1.82, 2.24) is 10.2 Å². The van der Waals surface area contributed by atoms with Gasteiger partial charge in [0.1, 0.15) is 0 Å².